The maximum Gasteiger partial charge on any atom is 0.315 e. The summed E-state index contributed by atoms with van der Waals surface area (Å²) >= 11 is 1.95. The van der Waals surface area contributed by atoms with Crippen LogP contribution in [-0.4, -0.2) is 77.5 Å². The third-order valence-corrected chi connectivity index (χ3v) is 7.57. The molecule has 0 bridgehead atoms. The Bertz CT molecular complexity index is 496. The highest BCUT2D eigenvalue weighted by Crippen LogP contribution is 2.33. The average molecular weight is 383 g/mol. The molecule has 0 aromatic rings. The van der Waals surface area contributed by atoms with E-state index in [9.17, 15) is 9.59 Å². The van der Waals surface area contributed by atoms with Crippen LogP contribution in [0.25, 0.3) is 0 Å². The van der Waals surface area contributed by atoms with Crippen molar-refractivity contribution in [3.05, 3.63) is 0 Å². The minimum atomic E-state index is -0.0204. The number of carbonyl (C=O) groups excluding carboxylic acids is 2. The van der Waals surface area contributed by atoms with Gasteiger partial charge in [0.1, 0.15) is 0 Å². The number of thioether (sulfide) groups is 1. The lowest BCUT2D eigenvalue weighted by Gasteiger charge is -2.36. The van der Waals surface area contributed by atoms with E-state index in [-0.39, 0.29) is 12.1 Å². The summed E-state index contributed by atoms with van der Waals surface area (Å²) in [6.45, 7) is 9.51. The molecule has 3 rings (SSSR count). The zero-order valence-corrected chi connectivity index (χ0v) is 17.0. The van der Waals surface area contributed by atoms with Crippen LogP contribution in [-0.2, 0) is 4.79 Å². The second-order valence-electron chi connectivity index (χ2n) is 8.06. The van der Waals surface area contributed by atoms with Crippen LogP contribution >= 0.6 is 11.8 Å². The first-order valence-corrected chi connectivity index (χ1v) is 11.3. The molecule has 26 heavy (non-hydrogen) atoms. The normalized spacial score (nSPS) is 30.0. The molecule has 6 nitrogen and oxygen atoms in total. The summed E-state index contributed by atoms with van der Waals surface area (Å²) in [5.41, 5.74) is 0. The van der Waals surface area contributed by atoms with Crippen LogP contribution in [0, 0.1) is 5.92 Å². The molecule has 4 unspecified atom stereocenters. The Balaban J connectivity index is 1.28. The lowest BCUT2D eigenvalue weighted by Crippen LogP contribution is -2.49. The average Bonchev–Trinajstić information content (AvgIpc) is 3.18. The van der Waals surface area contributed by atoms with Crippen molar-refractivity contribution in [1.29, 1.82) is 0 Å². The van der Waals surface area contributed by atoms with Crippen LogP contribution in [0.1, 0.15) is 46.0 Å². The van der Waals surface area contributed by atoms with E-state index < -0.39 is 0 Å². The molecule has 0 saturated carbocycles. The number of hydrogen-bond acceptors (Lipinski definition) is 4. The molecule has 3 amide bonds. The van der Waals surface area contributed by atoms with Gasteiger partial charge < -0.3 is 15.5 Å². The highest BCUT2D eigenvalue weighted by Gasteiger charge is 2.42. The topological polar surface area (TPSA) is 64.7 Å². The molecular weight excluding hydrogens is 348 g/mol. The van der Waals surface area contributed by atoms with Crippen LogP contribution in [0.5, 0.6) is 0 Å². The van der Waals surface area contributed by atoms with E-state index in [1.807, 2.05) is 11.8 Å². The predicted octanol–water partition coefficient (Wildman–Crippen LogP) is 1.90. The fraction of sp³-hybridized carbons (Fsp3) is 0.895. The summed E-state index contributed by atoms with van der Waals surface area (Å²) in [6, 6.07) is 0.556. The maximum atomic E-state index is 12.4. The van der Waals surface area contributed by atoms with Gasteiger partial charge in [0, 0.05) is 50.1 Å². The second-order valence-corrected chi connectivity index (χ2v) is 9.33. The lowest BCUT2D eigenvalue weighted by molar-refractivity contribution is -0.133. The number of carbonyl (C=O) groups is 2. The molecule has 0 radical (unpaired) electrons. The number of urea groups is 1. The molecule has 2 N–H and O–H groups in total. The van der Waals surface area contributed by atoms with E-state index in [2.05, 4.69) is 34.3 Å². The van der Waals surface area contributed by atoms with E-state index in [1.54, 1.807) is 0 Å². The van der Waals surface area contributed by atoms with Gasteiger partial charge in [-0.05, 0) is 18.8 Å². The molecule has 0 aromatic carbocycles. The number of piperazine rings is 1. The molecule has 3 aliphatic rings. The predicted molar refractivity (Wildman–Crippen MR) is 106 cm³/mol. The number of fused-ring (bicyclic) bond motifs is 1. The smallest absolute Gasteiger partial charge is 0.315 e. The number of unbranched alkanes of at least 4 members (excludes halogenated alkanes) is 1. The van der Waals surface area contributed by atoms with E-state index >= 15 is 0 Å². The van der Waals surface area contributed by atoms with Gasteiger partial charge in [-0.25, -0.2) is 4.79 Å². The van der Waals surface area contributed by atoms with Gasteiger partial charge in [-0.2, -0.15) is 11.8 Å². The van der Waals surface area contributed by atoms with Crippen LogP contribution in [0.3, 0.4) is 0 Å². The van der Waals surface area contributed by atoms with Gasteiger partial charge in [0.15, 0.2) is 0 Å². The van der Waals surface area contributed by atoms with Crippen LogP contribution in [0.15, 0.2) is 0 Å². The summed E-state index contributed by atoms with van der Waals surface area (Å²) in [6.07, 6.45) is 5.00. The van der Waals surface area contributed by atoms with Gasteiger partial charge in [-0.15, -0.1) is 0 Å². The summed E-state index contributed by atoms with van der Waals surface area (Å²) in [4.78, 5) is 28.4. The van der Waals surface area contributed by atoms with Gasteiger partial charge in [0.05, 0.1) is 12.1 Å². The Morgan fingerprint density at radius 2 is 2.00 bits per heavy atom. The highest BCUT2D eigenvalue weighted by atomic mass is 32.2. The van der Waals surface area contributed by atoms with Crippen LogP contribution in [0.2, 0.25) is 0 Å². The van der Waals surface area contributed by atoms with Gasteiger partial charge in [-0.1, -0.05) is 26.7 Å². The van der Waals surface area contributed by atoms with E-state index in [4.69, 9.17) is 0 Å². The monoisotopic (exact) mass is 382 g/mol. The van der Waals surface area contributed by atoms with Crippen molar-refractivity contribution in [1.82, 2.24) is 20.4 Å². The van der Waals surface area contributed by atoms with Crippen LogP contribution in [0.4, 0.5) is 4.79 Å². The molecular formula is C19H34N4O2S. The molecule has 0 aliphatic carbocycles. The van der Waals surface area contributed by atoms with Crippen molar-refractivity contribution in [3.63, 3.8) is 0 Å². The first-order valence-electron chi connectivity index (χ1n) is 10.3. The number of hydrogen-bond donors (Lipinski definition) is 2. The fourth-order valence-corrected chi connectivity index (χ4v) is 5.72. The standard InChI is InChI=1S/C19H34N4O2S/c1-3-14(2)12-22-8-10-23(11-9-22)17(24)7-5-4-6-16-18-15(13-26-16)20-19(25)21-18/h14-16,18H,3-13H2,1-2H3,(H2,20,21,25). The number of amides is 3. The largest absolute Gasteiger partial charge is 0.340 e. The summed E-state index contributed by atoms with van der Waals surface area (Å²) < 4.78 is 0. The van der Waals surface area contributed by atoms with Gasteiger partial charge in [0.2, 0.25) is 5.91 Å². The fourth-order valence-electron chi connectivity index (χ4n) is 4.17. The van der Waals surface area contributed by atoms with Crippen molar-refractivity contribution >= 4 is 23.7 Å². The van der Waals surface area contributed by atoms with E-state index in [0.29, 0.717) is 23.6 Å². The minimum Gasteiger partial charge on any atom is -0.340 e. The third kappa shape index (κ3) is 5.06. The van der Waals surface area contributed by atoms with Crippen molar-refractivity contribution in [2.45, 2.75) is 63.3 Å². The molecule has 3 heterocycles. The number of rotatable bonds is 8. The maximum absolute atomic E-state index is 12.4. The van der Waals surface area contributed by atoms with Crippen LogP contribution < -0.4 is 10.6 Å². The Hall–Kier alpha value is -0.950. The minimum absolute atomic E-state index is 0.0204. The molecule has 3 aliphatic heterocycles. The molecule has 4 atom stereocenters. The summed E-state index contributed by atoms with van der Waals surface area (Å²) in [7, 11) is 0. The third-order valence-electron chi connectivity index (χ3n) is 6.06. The Kier molecular flexibility index (Phi) is 7.09. The second kappa shape index (κ2) is 9.31. The van der Waals surface area contributed by atoms with Crippen molar-refractivity contribution in [2.24, 2.45) is 5.92 Å². The summed E-state index contributed by atoms with van der Waals surface area (Å²) in [5, 5.41) is 6.52. The lowest BCUT2D eigenvalue weighted by atomic mass is 10.0. The molecule has 0 spiro atoms. The molecule has 3 fully saturated rings. The Morgan fingerprint density at radius 3 is 2.73 bits per heavy atom. The van der Waals surface area contributed by atoms with Gasteiger partial charge in [-0.3, -0.25) is 9.69 Å². The Morgan fingerprint density at radius 1 is 1.23 bits per heavy atom. The molecule has 7 heteroatoms. The Labute approximate surface area is 161 Å². The SMILES string of the molecule is CCC(C)CN1CCN(C(=O)CCCCC2SCC3NC(=O)NC32)CC1. The van der Waals surface area contributed by atoms with Crippen molar-refractivity contribution in [3.8, 4) is 0 Å². The van der Waals surface area contributed by atoms with Crippen molar-refractivity contribution in [2.75, 3.05) is 38.5 Å². The van der Waals surface area contributed by atoms with Gasteiger partial charge in [0.25, 0.3) is 0 Å². The van der Waals surface area contributed by atoms with E-state index in [0.717, 1.165) is 63.7 Å². The molecule has 0 aromatic heterocycles. The highest BCUT2D eigenvalue weighted by molar-refractivity contribution is 8.00. The van der Waals surface area contributed by atoms with Crippen molar-refractivity contribution < 1.29 is 9.59 Å². The zero-order chi connectivity index (χ0) is 18.5. The first-order chi connectivity index (χ1) is 12.6. The number of nitrogens with zero attached hydrogens (tertiary/aromatic N) is 2. The quantitative estimate of drug-likeness (QED) is 0.497. The zero-order valence-electron chi connectivity index (χ0n) is 16.2. The molecule has 3 saturated heterocycles. The first kappa shape index (κ1) is 19.8. The summed E-state index contributed by atoms with van der Waals surface area (Å²) in [5.74, 6) is 2.07. The number of nitrogens with one attached hydrogen (secondary N) is 2. The van der Waals surface area contributed by atoms with Gasteiger partial charge >= 0.3 is 6.03 Å². The van der Waals surface area contributed by atoms with E-state index in [1.165, 1.54) is 6.42 Å². The molecule has 148 valence electrons.